The summed E-state index contributed by atoms with van der Waals surface area (Å²) in [5.74, 6) is 0.984. The van der Waals surface area contributed by atoms with Crippen molar-refractivity contribution in [2.45, 2.75) is 26.8 Å². The normalized spacial score (nSPS) is 12.4. The Morgan fingerprint density at radius 2 is 2.22 bits per heavy atom. The van der Waals surface area contributed by atoms with Gasteiger partial charge in [-0.3, -0.25) is 0 Å². The average Bonchev–Trinajstić information content (AvgIpc) is 2.37. The van der Waals surface area contributed by atoms with Crippen LogP contribution in [0, 0.1) is 5.92 Å². The lowest BCUT2D eigenvalue weighted by Gasteiger charge is -2.13. The van der Waals surface area contributed by atoms with Crippen molar-refractivity contribution < 1.29 is 9.84 Å². The fourth-order valence-corrected chi connectivity index (χ4v) is 2.01. The van der Waals surface area contributed by atoms with Crippen LogP contribution in [0.4, 0.5) is 0 Å². The van der Waals surface area contributed by atoms with Crippen molar-refractivity contribution in [2.24, 2.45) is 5.92 Å². The molecule has 1 rings (SSSR count). The molecule has 2 N–H and O–H groups in total. The zero-order valence-corrected chi connectivity index (χ0v) is 12.7. The molecular formula is C14H22BrNO2. The lowest BCUT2D eigenvalue weighted by Crippen LogP contribution is -2.14. The van der Waals surface area contributed by atoms with Crippen molar-refractivity contribution in [3.05, 3.63) is 28.2 Å². The van der Waals surface area contributed by atoms with Gasteiger partial charge in [-0.1, -0.05) is 19.9 Å². The number of rotatable bonds is 8. The van der Waals surface area contributed by atoms with Gasteiger partial charge < -0.3 is 15.2 Å². The molecule has 0 aliphatic rings. The van der Waals surface area contributed by atoms with E-state index in [1.807, 2.05) is 13.0 Å². The highest BCUT2D eigenvalue weighted by molar-refractivity contribution is 9.10. The molecular weight excluding hydrogens is 294 g/mol. The highest BCUT2D eigenvalue weighted by Gasteiger charge is 2.05. The van der Waals surface area contributed by atoms with Crippen molar-refractivity contribution in [1.29, 1.82) is 0 Å². The van der Waals surface area contributed by atoms with Crippen LogP contribution < -0.4 is 10.1 Å². The summed E-state index contributed by atoms with van der Waals surface area (Å²) in [4.78, 5) is 0. The third-order valence-electron chi connectivity index (χ3n) is 2.59. The lowest BCUT2D eigenvalue weighted by molar-refractivity contribution is 0.174. The van der Waals surface area contributed by atoms with Gasteiger partial charge in [0.05, 0.1) is 11.1 Å². The molecule has 0 aliphatic heterocycles. The fourth-order valence-electron chi connectivity index (χ4n) is 1.47. The predicted molar refractivity (Wildman–Crippen MR) is 77.9 cm³/mol. The average molecular weight is 316 g/mol. The Bertz CT molecular complexity index is 358. The maximum Gasteiger partial charge on any atom is 0.133 e. The molecule has 1 aromatic carbocycles. The van der Waals surface area contributed by atoms with Crippen LogP contribution in [0.25, 0.3) is 0 Å². The zero-order valence-electron chi connectivity index (χ0n) is 11.1. The quantitative estimate of drug-likeness (QED) is 0.725. The van der Waals surface area contributed by atoms with Crippen LogP contribution in [0.1, 0.15) is 25.8 Å². The fraction of sp³-hybridized carbons (Fsp3) is 0.571. The maximum absolute atomic E-state index is 8.95. The van der Waals surface area contributed by atoms with Crippen LogP contribution in [-0.2, 0) is 6.54 Å². The van der Waals surface area contributed by atoms with Gasteiger partial charge in [-0.05, 0) is 46.6 Å². The maximum atomic E-state index is 8.95. The molecule has 0 aliphatic carbocycles. The van der Waals surface area contributed by atoms with Crippen LogP contribution in [-0.4, -0.2) is 24.9 Å². The molecule has 0 spiro atoms. The molecule has 0 amide bonds. The lowest BCUT2D eigenvalue weighted by atomic mass is 10.2. The molecule has 102 valence electrons. The van der Waals surface area contributed by atoms with E-state index in [0.717, 1.165) is 29.7 Å². The van der Waals surface area contributed by atoms with Crippen molar-refractivity contribution in [3.8, 4) is 5.75 Å². The molecule has 1 aromatic rings. The van der Waals surface area contributed by atoms with E-state index in [-0.39, 0.29) is 12.5 Å². The summed E-state index contributed by atoms with van der Waals surface area (Å²) < 4.78 is 6.60. The van der Waals surface area contributed by atoms with Gasteiger partial charge in [-0.15, -0.1) is 0 Å². The first-order valence-corrected chi connectivity index (χ1v) is 7.19. The number of nitrogens with one attached hydrogen (secondary N) is 1. The molecule has 0 saturated carbocycles. The van der Waals surface area contributed by atoms with Crippen molar-refractivity contribution in [3.63, 3.8) is 0 Å². The molecule has 1 atom stereocenters. The number of aliphatic hydroxyl groups is 1. The van der Waals surface area contributed by atoms with E-state index >= 15 is 0 Å². The topological polar surface area (TPSA) is 41.5 Å². The minimum Gasteiger partial charge on any atom is -0.492 e. The van der Waals surface area contributed by atoms with E-state index in [1.165, 1.54) is 5.56 Å². The second-order valence-electron chi connectivity index (χ2n) is 4.54. The van der Waals surface area contributed by atoms with E-state index in [4.69, 9.17) is 9.84 Å². The Balaban J connectivity index is 2.51. The Kier molecular flexibility index (Phi) is 7.32. The number of hydrogen-bond donors (Lipinski definition) is 2. The summed E-state index contributed by atoms with van der Waals surface area (Å²) >= 11 is 3.51. The van der Waals surface area contributed by atoms with Gasteiger partial charge >= 0.3 is 0 Å². The molecule has 0 aromatic heterocycles. The first-order valence-electron chi connectivity index (χ1n) is 6.40. The zero-order chi connectivity index (χ0) is 13.4. The third kappa shape index (κ3) is 5.38. The molecule has 0 radical (unpaired) electrons. The largest absolute Gasteiger partial charge is 0.492 e. The van der Waals surface area contributed by atoms with E-state index in [1.54, 1.807) is 0 Å². The van der Waals surface area contributed by atoms with Gasteiger partial charge in [0.25, 0.3) is 0 Å². The standard InChI is InChI=1S/C14H22BrNO2/c1-3-6-16-8-12-4-5-14(13(15)7-12)18-10-11(2)9-17/h4-5,7,11,16-17H,3,6,8-10H2,1-2H3. The van der Waals surface area contributed by atoms with E-state index in [2.05, 4.69) is 40.3 Å². The summed E-state index contributed by atoms with van der Waals surface area (Å²) in [5, 5.41) is 12.3. The smallest absolute Gasteiger partial charge is 0.133 e. The second-order valence-corrected chi connectivity index (χ2v) is 5.39. The Morgan fingerprint density at radius 3 is 2.83 bits per heavy atom. The minimum atomic E-state index is 0.149. The van der Waals surface area contributed by atoms with E-state index in [9.17, 15) is 0 Å². The molecule has 0 saturated heterocycles. The van der Waals surface area contributed by atoms with Crippen LogP contribution >= 0.6 is 15.9 Å². The predicted octanol–water partition coefficient (Wildman–Crippen LogP) is 2.96. The highest BCUT2D eigenvalue weighted by Crippen LogP contribution is 2.26. The monoisotopic (exact) mass is 315 g/mol. The molecule has 18 heavy (non-hydrogen) atoms. The van der Waals surface area contributed by atoms with Crippen LogP contribution in [0.3, 0.4) is 0 Å². The summed E-state index contributed by atoms with van der Waals surface area (Å²) in [5.41, 5.74) is 1.23. The molecule has 0 heterocycles. The van der Waals surface area contributed by atoms with Gasteiger partial charge in [0.1, 0.15) is 5.75 Å². The summed E-state index contributed by atoms with van der Waals surface area (Å²) in [6.07, 6.45) is 1.14. The van der Waals surface area contributed by atoms with E-state index in [0.29, 0.717) is 6.61 Å². The first kappa shape index (κ1) is 15.5. The van der Waals surface area contributed by atoms with Gasteiger partial charge in [-0.25, -0.2) is 0 Å². The molecule has 0 fully saturated rings. The molecule has 0 bridgehead atoms. The number of halogens is 1. The summed E-state index contributed by atoms with van der Waals surface area (Å²) in [7, 11) is 0. The Labute approximate surface area is 118 Å². The Hall–Kier alpha value is -0.580. The van der Waals surface area contributed by atoms with Crippen molar-refractivity contribution in [1.82, 2.24) is 5.32 Å². The molecule has 3 nitrogen and oxygen atoms in total. The number of aliphatic hydroxyl groups excluding tert-OH is 1. The minimum absolute atomic E-state index is 0.149. The second kappa shape index (κ2) is 8.51. The van der Waals surface area contributed by atoms with Gasteiger partial charge in [0, 0.05) is 19.1 Å². The van der Waals surface area contributed by atoms with Crippen molar-refractivity contribution in [2.75, 3.05) is 19.8 Å². The summed E-state index contributed by atoms with van der Waals surface area (Å²) in [6, 6.07) is 6.10. The van der Waals surface area contributed by atoms with Gasteiger partial charge in [0.2, 0.25) is 0 Å². The highest BCUT2D eigenvalue weighted by atomic mass is 79.9. The van der Waals surface area contributed by atoms with Gasteiger partial charge in [-0.2, -0.15) is 0 Å². The number of ether oxygens (including phenoxy) is 1. The molecule has 4 heteroatoms. The first-order chi connectivity index (χ1) is 8.67. The SMILES string of the molecule is CCCNCc1ccc(OCC(C)CO)c(Br)c1. The molecule has 1 unspecified atom stereocenters. The van der Waals surface area contributed by atoms with Crippen molar-refractivity contribution >= 4 is 15.9 Å². The van der Waals surface area contributed by atoms with Gasteiger partial charge in [0.15, 0.2) is 0 Å². The summed E-state index contributed by atoms with van der Waals surface area (Å²) in [6.45, 7) is 6.70. The van der Waals surface area contributed by atoms with E-state index < -0.39 is 0 Å². The number of benzene rings is 1. The van der Waals surface area contributed by atoms with Crippen LogP contribution in [0.15, 0.2) is 22.7 Å². The number of hydrogen-bond acceptors (Lipinski definition) is 3. The Morgan fingerprint density at radius 1 is 1.44 bits per heavy atom. The third-order valence-corrected chi connectivity index (χ3v) is 3.21. The van der Waals surface area contributed by atoms with Crippen LogP contribution in [0.5, 0.6) is 5.75 Å². The van der Waals surface area contributed by atoms with Crippen LogP contribution in [0.2, 0.25) is 0 Å².